The highest BCUT2D eigenvalue weighted by molar-refractivity contribution is 7.89. The Kier molecular flexibility index (Phi) is 6.09. The van der Waals surface area contributed by atoms with Crippen molar-refractivity contribution in [3.8, 4) is 0 Å². The molecule has 118 valence electrons. The van der Waals surface area contributed by atoms with Gasteiger partial charge in [-0.1, -0.05) is 25.4 Å². The number of rotatable bonds is 7. The smallest absolute Gasteiger partial charge is 0.271 e. The molecule has 0 aliphatic carbocycles. The van der Waals surface area contributed by atoms with E-state index in [-0.39, 0.29) is 34.6 Å². The highest BCUT2D eigenvalue weighted by Gasteiger charge is 2.25. The van der Waals surface area contributed by atoms with E-state index in [4.69, 9.17) is 16.7 Å². The van der Waals surface area contributed by atoms with Crippen LogP contribution in [0.3, 0.4) is 0 Å². The van der Waals surface area contributed by atoms with Gasteiger partial charge >= 0.3 is 0 Å². The van der Waals surface area contributed by atoms with Crippen molar-refractivity contribution in [3.05, 3.63) is 33.3 Å². The molecule has 0 aliphatic heterocycles. The largest absolute Gasteiger partial charge is 0.396 e. The van der Waals surface area contributed by atoms with Gasteiger partial charge in [-0.15, -0.1) is 0 Å². The molecule has 0 aliphatic rings. The third-order valence-corrected chi connectivity index (χ3v) is 4.94. The molecule has 0 amide bonds. The van der Waals surface area contributed by atoms with Gasteiger partial charge in [0.15, 0.2) is 0 Å². The van der Waals surface area contributed by atoms with Crippen molar-refractivity contribution in [1.29, 1.82) is 0 Å². The molecule has 0 heterocycles. The molecule has 0 saturated heterocycles. The zero-order chi connectivity index (χ0) is 16.2. The maximum absolute atomic E-state index is 12.3. The molecule has 7 nitrogen and oxygen atoms in total. The van der Waals surface area contributed by atoms with Crippen LogP contribution in [0.1, 0.15) is 20.3 Å². The van der Waals surface area contributed by atoms with Crippen LogP contribution in [-0.2, 0) is 10.0 Å². The Morgan fingerprint density at radius 2 is 2.05 bits per heavy atom. The highest BCUT2D eigenvalue weighted by atomic mass is 35.5. The number of nitro groups is 1. The maximum Gasteiger partial charge on any atom is 0.271 e. The number of aliphatic hydroxyl groups is 1. The summed E-state index contributed by atoms with van der Waals surface area (Å²) < 4.78 is 27.0. The standard InChI is InChI=1S/C12H17ClN2O5S/c1-8(2)11(5-6-16)14-21(19,20)12-4-3-9(15(17)18)7-10(12)13/h3-4,7-8,11,14,16H,5-6H2,1-2H3. The first-order chi connectivity index (χ1) is 9.69. The predicted octanol–water partition coefficient (Wildman–Crippen LogP) is 1.93. The summed E-state index contributed by atoms with van der Waals surface area (Å²) in [6.07, 6.45) is 0.265. The summed E-state index contributed by atoms with van der Waals surface area (Å²) in [6.45, 7) is 3.49. The minimum Gasteiger partial charge on any atom is -0.396 e. The molecule has 1 unspecified atom stereocenters. The first-order valence-corrected chi connectivity index (χ1v) is 8.12. The van der Waals surface area contributed by atoms with Crippen molar-refractivity contribution in [2.45, 2.75) is 31.2 Å². The third-order valence-electron chi connectivity index (χ3n) is 2.97. The molecular formula is C12H17ClN2O5S. The molecule has 21 heavy (non-hydrogen) atoms. The van der Waals surface area contributed by atoms with Gasteiger partial charge in [0.1, 0.15) is 4.90 Å². The fourth-order valence-electron chi connectivity index (χ4n) is 1.75. The number of halogens is 1. The van der Waals surface area contributed by atoms with E-state index in [9.17, 15) is 18.5 Å². The quantitative estimate of drug-likeness (QED) is 0.584. The van der Waals surface area contributed by atoms with Crippen LogP contribution in [0.4, 0.5) is 5.69 Å². The molecule has 1 atom stereocenters. The first-order valence-electron chi connectivity index (χ1n) is 6.26. The molecule has 2 N–H and O–H groups in total. The van der Waals surface area contributed by atoms with Crippen LogP contribution in [0.25, 0.3) is 0 Å². The molecule has 0 aromatic heterocycles. The van der Waals surface area contributed by atoms with Gasteiger partial charge in [0.2, 0.25) is 10.0 Å². The number of nitro benzene ring substituents is 1. The average molecular weight is 337 g/mol. The molecular weight excluding hydrogens is 320 g/mol. The van der Waals surface area contributed by atoms with Gasteiger partial charge in [-0.3, -0.25) is 10.1 Å². The van der Waals surface area contributed by atoms with E-state index in [1.54, 1.807) is 0 Å². The zero-order valence-corrected chi connectivity index (χ0v) is 13.2. The number of hydrogen-bond acceptors (Lipinski definition) is 5. The first kappa shape index (κ1) is 17.8. The van der Waals surface area contributed by atoms with Crippen molar-refractivity contribution < 1.29 is 18.4 Å². The summed E-state index contributed by atoms with van der Waals surface area (Å²) in [6, 6.07) is 2.72. The van der Waals surface area contributed by atoms with Crippen molar-refractivity contribution in [3.63, 3.8) is 0 Å². The highest BCUT2D eigenvalue weighted by Crippen LogP contribution is 2.26. The SMILES string of the molecule is CC(C)C(CCO)NS(=O)(=O)c1ccc([N+](=O)[O-])cc1Cl. The van der Waals surface area contributed by atoms with E-state index in [0.717, 1.165) is 18.2 Å². The summed E-state index contributed by atoms with van der Waals surface area (Å²) in [5, 5.41) is 19.4. The Hall–Kier alpha value is -1.22. The monoisotopic (exact) mass is 336 g/mol. The number of nitrogens with one attached hydrogen (secondary N) is 1. The van der Waals surface area contributed by atoms with Crippen molar-refractivity contribution in [2.75, 3.05) is 6.61 Å². The van der Waals surface area contributed by atoms with Gasteiger partial charge in [-0.25, -0.2) is 13.1 Å². The molecule has 0 spiro atoms. The lowest BCUT2D eigenvalue weighted by Crippen LogP contribution is -2.39. The molecule has 0 fully saturated rings. The number of benzene rings is 1. The molecule has 0 saturated carbocycles. The van der Waals surface area contributed by atoms with E-state index in [1.165, 1.54) is 0 Å². The second kappa shape index (κ2) is 7.17. The molecule has 0 radical (unpaired) electrons. The van der Waals surface area contributed by atoms with E-state index in [1.807, 2.05) is 13.8 Å². The summed E-state index contributed by atoms with van der Waals surface area (Å²) in [4.78, 5) is 9.74. The topological polar surface area (TPSA) is 110 Å². The lowest BCUT2D eigenvalue weighted by Gasteiger charge is -2.21. The normalized spacial score (nSPS) is 13.4. The van der Waals surface area contributed by atoms with Crippen LogP contribution in [0.5, 0.6) is 0 Å². The zero-order valence-electron chi connectivity index (χ0n) is 11.6. The van der Waals surface area contributed by atoms with Crippen molar-refractivity contribution >= 4 is 27.3 Å². The fourth-order valence-corrected chi connectivity index (χ4v) is 3.71. The van der Waals surface area contributed by atoms with Crippen LogP contribution in [0.15, 0.2) is 23.1 Å². The maximum atomic E-state index is 12.3. The second-order valence-corrected chi connectivity index (χ2v) is 6.95. The number of nitrogens with zero attached hydrogens (tertiary/aromatic N) is 1. The minimum absolute atomic E-state index is 0.0243. The van der Waals surface area contributed by atoms with Gasteiger partial charge in [0.05, 0.1) is 9.95 Å². The van der Waals surface area contributed by atoms with Gasteiger partial charge in [0.25, 0.3) is 5.69 Å². The number of non-ortho nitro benzene ring substituents is 1. The minimum atomic E-state index is -3.92. The third kappa shape index (κ3) is 4.63. The molecule has 1 aromatic rings. The second-order valence-electron chi connectivity index (χ2n) is 4.86. The van der Waals surface area contributed by atoms with E-state index in [2.05, 4.69) is 4.72 Å². The van der Waals surface area contributed by atoms with Gasteiger partial charge in [0, 0.05) is 24.8 Å². The van der Waals surface area contributed by atoms with Crippen LogP contribution in [0.2, 0.25) is 5.02 Å². The molecule has 1 rings (SSSR count). The van der Waals surface area contributed by atoms with Crippen LogP contribution < -0.4 is 4.72 Å². The van der Waals surface area contributed by atoms with Crippen LogP contribution in [0, 0.1) is 16.0 Å². The number of hydrogen-bond donors (Lipinski definition) is 2. The van der Waals surface area contributed by atoms with E-state index in [0.29, 0.717) is 0 Å². The Balaban J connectivity index is 3.10. The predicted molar refractivity (Wildman–Crippen MR) is 78.8 cm³/mol. The Bertz CT molecular complexity index is 618. The summed E-state index contributed by atoms with van der Waals surface area (Å²) in [5.41, 5.74) is -0.283. The van der Waals surface area contributed by atoms with Crippen molar-refractivity contribution in [2.24, 2.45) is 5.92 Å². The summed E-state index contributed by atoms with van der Waals surface area (Å²) in [7, 11) is -3.92. The van der Waals surface area contributed by atoms with E-state index < -0.39 is 21.0 Å². The van der Waals surface area contributed by atoms with Gasteiger partial charge in [-0.05, 0) is 18.4 Å². The molecule has 9 heteroatoms. The lowest BCUT2D eigenvalue weighted by atomic mass is 10.0. The van der Waals surface area contributed by atoms with E-state index >= 15 is 0 Å². The van der Waals surface area contributed by atoms with Crippen LogP contribution >= 0.6 is 11.6 Å². The fraction of sp³-hybridized carbons (Fsp3) is 0.500. The van der Waals surface area contributed by atoms with Gasteiger partial charge in [-0.2, -0.15) is 0 Å². The molecule has 0 bridgehead atoms. The van der Waals surface area contributed by atoms with Crippen molar-refractivity contribution in [1.82, 2.24) is 4.72 Å². The number of aliphatic hydroxyl groups excluding tert-OH is 1. The summed E-state index contributed by atoms with van der Waals surface area (Å²) >= 11 is 5.83. The lowest BCUT2D eigenvalue weighted by molar-refractivity contribution is -0.384. The van der Waals surface area contributed by atoms with Gasteiger partial charge < -0.3 is 5.11 Å². The Labute approximate surface area is 128 Å². The summed E-state index contributed by atoms with van der Waals surface area (Å²) in [5.74, 6) is -0.0243. The Morgan fingerprint density at radius 1 is 1.43 bits per heavy atom. The molecule has 1 aromatic carbocycles. The average Bonchev–Trinajstić information content (AvgIpc) is 2.37. The van der Waals surface area contributed by atoms with Crippen LogP contribution in [-0.4, -0.2) is 31.1 Å². The number of sulfonamides is 1. The Morgan fingerprint density at radius 3 is 2.48 bits per heavy atom.